The van der Waals surface area contributed by atoms with Crippen LogP contribution in [0.3, 0.4) is 0 Å². The minimum atomic E-state index is 0.0783. The normalized spacial score (nSPS) is 12.4. The Balaban J connectivity index is 2.23. The summed E-state index contributed by atoms with van der Waals surface area (Å²) in [5.74, 6) is 5.66. The molecule has 1 atom stereocenters. The van der Waals surface area contributed by atoms with Crippen LogP contribution >= 0.6 is 0 Å². The van der Waals surface area contributed by atoms with Crippen molar-refractivity contribution in [3.8, 4) is 0 Å². The molecule has 0 aliphatic heterocycles. The zero-order chi connectivity index (χ0) is 13.0. The Kier molecular flexibility index (Phi) is 4.02. The number of nitrogens with two attached hydrogens (primary N) is 1. The van der Waals surface area contributed by atoms with Crippen LogP contribution < -0.4 is 11.3 Å². The van der Waals surface area contributed by atoms with E-state index in [1.807, 2.05) is 26.1 Å². The van der Waals surface area contributed by atoms with Crippen LogP contribution in [0.1, 0.15) is 28.6 Å². The summed E-state index contributed by atoms with van der Waals surface area (Å²) in [6.45, 7) is 3.99. The topological polar surface area (TPSA) is 63.8 Å². The van der Waals surface area contributed by atoms with Gasteiger partial charge in [-0.05, 0) is 49.6 Å². The van der Waals surface area contributed by atoms with Gasteiger partial charge >= 0.3 is 0 Å². The van der Waals surface area contributed by atoms with Crippen molar-refractivity contribution in [1.82, 2.24) is 15.4 Å². The molecule has 1 unspecified atom stereocenters. The molecule has 2 heterocycles. The van der Waals surface area contributed by atoms with E-state index in [2.05, 4.69) is 33.6 Å². The van der Waals surface area contributed by atoms with Gasteiger partial charge in [-0.15, -0.1) is 0 Å². The standard InChI is InChI=1S/C14H18N4/c1-10-6-13(7-11(2)17-10)14(18-15)8-12-4-3-5-16-9-12/h3-7,9,14,18H,8,15H2,1-2H3. The van der Waals surface area contributed by atoms with Gasteiger partial charge in [0.25, 0.3) is 0 Å². The van der Waals surface area contributed by atoms with Crippen LogP contribution in [0, 0.1) is 13.8 Å². The number of hydrogen-bond donors (Lipinski definition) is 2. The molecule has 0 bridgehead atoms. The third kappa shape index (κ3) is 3.12. The lowest BCUT2D eigenvalue weighted by Gasteiger charge is -2.17. The number of nitrogens with one attached hydrogen (secondary N) is 1. The number of aryl methyl sites for hydroxylation is 2. The van der Waals surface area contributed by atoms with Crippen molar-refractivity contribution in [2.75, 3.05) is 0 Å². The molecule has 3 N–H and O–H groups in total. The van der Waals surface area contributed by atoms with Crippen molar-refractivity contribution in [2.45, 2.75) is 26.3 Å². The van der Waals surface area contributed by atoms with Crippen LogP contribution in [-0.2, 0) is 6.42 Å². The first-order valence-corrected chi connectivity index (χ1v) is 5.99. The number of hydrogen-bond acceptors (Lipinski definition) is 4. The van der Waals surface area contributed by atoms with Gasteiger partial charge < -0.3 is 0 Å². The number of rotatable bonds is 4. The number of aromatic nitrogens is 2. The average molecular weight is 242 g/mol. The fourth-order valence-electron chi connectivity index (χ4n) is 2.10. The van der Waals surface area contributed by atoms with E-state index in [0.29, 0.717) is 0 Å². The first-order chi connectivity index (χ1) is 8.69. The van der Waals surface area contributed by atoms with Crippen molar-refractivity contribution >= 4 is 0 Å². The summed E-state index contributed by atoms with van der Waals surface area (Å²) in [7, 11) is 0. The lowest BCUT2D eigenvalue weighted by Crippen LogP contribution is -2.29. The largest absolute Gasteiger partial charge is 0.271 e. The van der Waals surface area contributed by atoms with Gasteiger partial charge in [0, 0.05) is 23.8 Å². The lowest BCUT2D eigenvalue weighted by molar-refractivity contribution is 0.550. The molecule has 94 valence electrons. The molecule has 0 saturated carbocycles. The van der Waals surface area contributed by atoms with E-state index in [0.717, 1.165) is 28.9 Å². The Morgan fingerprint density at radius 1 is 1.28 bits per heavy atom. The Hall–Kier alpha value is -1.78. The van der Waals surface area contributed by atoms with E-state index in [9.17, 15) is 0 Å². The summed E-state index contributed by atoms with van der Waals surface area (Å²) in [5, 5.41) is 0. The van der Waals surface area contributed by atoms with Gasteiger partial charge in [0.1, 0.15) is 0 Å². The fourth-order valence-corrected chi connectivity index (χ4v) is 2.10. The van der Waals surface area contributed by atoms with E-state index in [4.69, 9.17) is 5.84 Å². The second-order valence-electron chi connectivity index (χ2n) is 4.47. The van der Waals surface area contributed by atoms with Crippen LogP contribution in [0.25, 0.3) is 0 Å². The molecule has 4 nitrogen and oxygen atoms in total. The quantitative estimate of drug-likeness (QED) is 0.634. The maximum absolute atomic E-state index is 5.66. The first kappa shape index (κ1) is 12.7. The molecule has 0 amide bonds. The maximum Gasteiger partial charge on any atom is 0.0502 e. The highest BCUT2D eigenvalue weighted by Gasteiger charge is 2.11. The molecule has 0 aromatic carbocycles. The van der Waals surface area contributed by atoms with Gasteiger partial charge in [0.05, 0.1) is 6.04 Å². The van der Waals surface area contributed by atoms with Crippen molar-refractivity contribution < 1.29 is 0 Å². The molecule has 2 aromatic rings. The van der Waals surface area contributed by atoms with E-state index in [1.54, 1.807) is 6.20 Å². The molecule has 0 saturated heterocycles. The van der Waals surface area contributed by atoms with Gasteiger partial charge in [0.15, 0.2) is 0 Å². The zero-order valence-corrected chi connectivity index (χ0v) is 10.7. The van der Waals surface area contributed by atoms with Crippen LogP contribution in [-0.4, -0.2) is 9.97 Å². The summed E-state index contributed by atoms with van der Waals surface area (Å²) in [6.07, 6.45) is 4.45. The minimum Gasteiger partial charge on any atom is -0.271 e. The highest BCUT2D eigenvalue weighted by atomic mass is 15.2. The number of nitrogens with zero attached hydrogens (tertiary/aromatic N) is 2. The molecule has 2 rings (SSSR count). The molecular weight excluding hydrogens is 224 g/mol. The minimum absolute atomic E-state index is 0.0783. The zero-order valence-electron chi connectivity index (χ0n) is 10.7. The molecule has 4 heteroatoms. The van der Waals surface area contributed by atoms with Crippen LogP contribution in [0.4, 0.5) is 0 Å². The van der Waals surface area contributed by atoms with Crippen molar-refractivity contribution in [1.29, 1.82) is 0 Å². The van der Waals surface area contributed by atoms with Crippen LogP contribution in [0.2, 0.25) is 0 Å². The number of hydrazine groups is 1. The van der Waals surface area contributed by atoms with Crippen LogP contribution in [0.5, 0.6) is 0 Å². The monoisotopic (exact) mass is 242 g/mol. The molecule has 0 fully saturated rings. The van der Waals surface area contributed by atoms with Gasteiger partial charge in [-0.2, -0.15) is 0 Å². The first-order valence-electron chi connectivity index (χ1n) is 5.99. The number of pyridine rings is 2. The third-order valence-corrected chi connectivity index (χ3v) is 2.87. The predicted molar refractivity (Wildman–Crippen MR) is 71.7 cm³/mol. The second kappa shape index (κ2) is 5.71. The molecule has 2 aromatic heterocycles. The van der Waals surface area contributed by atoms with Crippen molar-refractivity contribution in [3.63, 3.8) is 0 Å². The van der Waals surface area contributed by atoms with Gasteiger partial charge in [-0.1, -0.05) is 6.07 Å². The average Bonchev–Trinajstić information content (AvgIpc) is 2.36. The van der Waals surface area contributed by atoms with E-state index >= 15 is 0 Å². The van der Waals surface area contributed by atoms with E-state index < -0.39 is 0 Å². The predicted octanol–water partition coefficient (Wildman–Crippen LogP) is 1.84. The Morgan fingerprint density at radius 3 is 2.56 bits per heavy atom. The third-order valence-electron chi connectivity index (χ3n) is 2.87. The van der Waals surface area contributed by atoms with Gasteiger partial charge in [-0.25, -0.2) is 0 Å². The molecular formula is C14H18N4. The fraction of sp³-hybridized carbons (Fsp3) is 0.286. The lowest BCUT2D eigenvalue weighted by atomic mass is 10.00. The Bertz CT molecular complexity index is 490. The summed E-state index contributed by atoms with van der Waals surface area (Å²) < 4.78 is 0. The molecule has 0 aliphatic rings. The second-order valence-corrected chi connectivity index (χ2v) is 4.47. The van der Waals surface area contributed by atoms with Gasteiger partial charge in [-0.3, -0.25) is 21.2 Å². The van der Waals surface area contributed by atoms with E-state index in [1.165, 1.54) is 0 Å². The smallest absolute Gasteiger partial charge is 0.0502 e. The molecule has 0 aliphatic carbocycles. The van der Waals surface area contributed by atoms with Crippen molar-refractivity contribution in [2.24, 2.45) is 5.84 Å². The molecule has 0 radical (unpaired) electrons. The van der Waals surface area contributed by atoms with Gasteiger partial charge in [0.2, 0.25) is 0 Å². The Labute approximate surface area is 107 Å². The summed E-state index contributed by atoms with van der Waals surface area (Å²) >= 11 is 0. The van der Waals surface area contributed by atoms with Crippen molar-refractivity contribution in [3.05, 3.63) is 59.2 Å². The summed E-state index contributed by atoms with van der Waals surface area (Å²) in [6, 6.07) is 8.20. The van der Waals surface area contributed by atoms with E-state index in [-0.39, 0.29) is 6.04 Å². The summed E-state index contributed by atoms with van der Waals surface area (Å²) in [5.41, 5.74) is 7.21. The highest BCUT2D eigenvalue weighted by Crippen LogP contribution is 2.18. The van der Waals surface area contributed by atoms with Crippen LogP contribution in [0.15, 0.2) is 36.7 Å². The molecule has 0 spiro atoms. The Morgan fingerprint density at radius 2 is 2.00 bits per heavy atom. The highest BCUT2D eigenvalue weighted by molar-refractivity contribution is 5.25. The SMILES string of the molecule is Cc1cc(C(Cc2cccnc2)NN)cc(C)n1. The summed E-state index contributed by atoms with van der Waals surface area (Å²) in [4.78, 5) is 8.50. The molecule has 18 heavy (non-hydrogen) atoms. The maximum atomic E-state index is 5.66.